The number of likely N-dealkylation sites (tertiary alicyclic amines) is 1. The molecule has 7 heteroatoms. The molecule has 3 rings (SSSR count). The van der Waals surface area contributed by atoms with Gasteiger partial charge in [0.15, 0.2) is 5.82 Å². The van der Waals surface area contributed by atoms with Crippen molar-refractivity contribution in [3.8, 4) is 0 Å². The number of hydrogen-bond donors (Lipinski definition) is 2. The van der Waals surface area contributed by atoms with Crippen LogP contribution in [-0.2, 0) is 6.54 Å². The predicted octanol–water partition coefficient (Wildman–Crippen LogP) is 2.18. The van der Waals surface area contributed by atoms with E-state index < -0.39 is 0 Å². The van der Waals surface area contributed by atoms with Gasteiger partial charge in [-0.05, 0) is 33.2 Å². The SMILES string of the molecule is Cc1nc([C@H]2CCCN(Cc3n[nH]c(C)c3Cl)C2)n[nH]1. The first kappa shape index (κ1) is 13.6. The van der Waals surface area contributed by atoms with Crippen LogP contribution in [0.4, 0.5) is 0 Å². The van der Waals surface area contributed by atoms with Crippen LogP contribution in [0.1, 0.15) is 41.8 Å². The second-order valence-electron chi connectivity index (χ2n) is 5.46. The average molecular weight is 295 g/mol. The summed E-state index contributed by atoms with van der Waals surface area (Å²) in [5.41, 5.74) is 1.86. The van der Waals surface area contributed by atoms with Gasteiger partial charge in [-0.2, -0.15) is 10.2 Å². The van der Waals surface area contributed by atoms with Crippen molar-refractivity contribution < 1.29 is 0 Å². The first-order valence-electron chi connectivity index (χ1n) is 6.94. The normalized spacial score (nSPS) is 20.4. The molecular weight excluding hydrogens is 276 g/mol. The van der Waals surface area contributed by atoms with Crippen molar-refractivity contribution in [2.24, 2.45) is 0 Å². The van der Waals surface area contributed by atoms with Gasteiger partial charge in [0.1, 0.15) is 5.82 Å². The molecule has 108 valence electrons. The van der Waals surface area contributed by atoms with Crippen LogP contribution < -0.4 is 0 Å². The van der Waals surface area contributed by atoms with Gasteiger partial charge in [0.25, 0.3) is 0 Å². The van der Waals surface area contributed by atoms with Gasteiger partial charge in [-0.1, -0.05) is 11.6 Å². The van der Waals surface area contributed by atoms with E-state index in [4.69, 9.17) is 11.6 Å². The van der Waals surface area contributed by atoms with E-state index in [1.165, 1.54) is 0 Å². The summed E-state index contributed by atoms with van der Waals surface area (Å²) in [5, 5.41) is 15.2. The Balaban J connectivity index is 1.68. The molecule has 0 bridgehead atoms. The first-order valence-corrected chi connectivity index (χ1v) is 7.32. The average Bonchev–Trinajstić information content (AvgIpc) is 3.00. The standard InChI is InChI=1S/C13H19ClN6/c1-8-12(14)11(18-16-8)7-20-5-3-4-10(6-20)13-15-9(2)17-19-13/h10H,3-7H2,1-2H3,(H,16,18)(H,15,17,19)/t10-/m0/s1. The van der Waals surface area contributed by atoms with Gasteiger partial charge in [-0.15, -0.1) is 0 Å². The van der Waals surface area contributed by atoms with E-state index in [1.807, 2.05) is 13.8 Å². The van der Waals surface area contributed by atoms with Crippen LogP contribution in [0.25, 0.3) is 0 Å². The van der Waals surface area contributed by atoms with Gasteiger partial charge in [0, 0.05) is 19.0 Å². The number of aromatic nitrogens is 5. The highest BCUT2D eigenvalue weighted by Gasteiger charge is 2.25. The molecule has 2 N–H and O–H groups in total. The summed E-state index contributed by atoms with van der Waals surface area (Å²) in [5.74, 6) is 2.20. The lowest BCUT2D eigenvalue weighted by Crippen LogP contribution is -2.34. The lowest BCUT2D eigenvalue weighted by Gasteiger charge is -2.30. The zero-order chi connectivity index (χ0) is 14.1. The van der Waals surface area contributed by atoms with Gasteiger partial charge >= 0.3 is 0 Å². The molecule has 1 atom stereocenters. The number of nitrogens with zero attached hydrogens (tertiary/aromatic N) is 4. The molecule has 0 aromatic carbocycles. The van der Waals surface area contributed by atoms with Gasteiger partial charge in [-0.3, -0.25) is 15.1 Å². The Labute approximate surface area is 122 Å². The van der Waals surface area contributed by atoms with Crippen molar-refractivity contribution in [3.05, 3.63) is 28.1 Å². The fourth-order valence-corrected chi connectivity index (χ4v) is 2.88. The third kappa shape index (κ3) is 2.71. The van der Waals surface area contributed by atoms with Crippen molar-refractivity contribution >= 4 is 11.6 Å². The molecule has 1 aliphatic heterocycles. The number of aromatic amines is 2. The van der Waals surface area contributed by atoms with E-state index in [2.05, 4.69) is 30.3 Å². The van der Waals surface area contributed by atoms with Crippen LogP contribution in [0.15, 0.2) is 0 Å². The van der Waals surface area contributed by atoms with Gasteiger partial charge < -0.3 is 0 Å². The van der Waals surface area contributed by atoms with Crippen molar-refractivity contribution in [2.75, 3.05) is 13.1 Å². The molecule has 0 saturated carbocycles. The molecule has 0 spiro atoms. The summed E-state index contributed by atoms with van der Waals surface area (Å²) in [6.07, 6.45) is 2.29. The number of hydrogen-bond acceptors (Lipinski definition) is 4. The molecule has 2 aromatic rings. The topological polar surface area (TPSA) is 73.5 Å². The van der Waals surface area contributed by atoms with Crippen LogP contribution in [-0.4, -0.2) is 43.4 Å². The Morgan fingerprint density at radius 3 is 2.80 bits per heavy atom. The van der Waals surface area contributed by atoms with Crippen molar-refractivity contribution in [2.45, 2.75) is 39.2 Å². The Morgan fingerprint density at radius 2 is 2.15 bits per heavy atom. The van der Waals surface area contributed by atoms with Crippen LogP contribution in [0.3, 0.4) is 0 Å². The lowest BCUT2D eigenvalue weighted by molar-refractivity contribution is 0.194. The number of rotatable bonds is 3. The van der Waals surface area contributed by atoms with Crippen molar-refractivity contribution in [3.63, 3.8) is 0 Å². The Morgan fingerprint density at radius 1 is 1.30 bits per heavy atom. The molecule has 0 radical (unpaired) electrons. The highest BCUT2D eigenvalue weighted by molar-refractivity contribution is 6.31. The number of piperidine rings is 1. The van der Waals surface area contributed by atoms with Crippen LogP contribution >= 0.6 is 11.6 Å². The second-order valence-corrected chi connectivity index (χ2v) is 5.84. The lowest BCUT2D eigenvalue weighted by atomic mass is 9.97. The summed E-state index contributed by atoms with van der Waals surface area (Å²) in [6.45, 7) is 6.68. The number of nitrogens with one attached hydrogen (secondary N) is 2. The minimum Gasteiger partial charge on any atom is -0.297 e. The first-order chi connectivity index (χ1) is 9.63. The van der Waals surface area contributed by atoms with E-state index in [9.17, 15) is 0 Å². The molecule has 0 unspecified atom stereocenters. The summed E-state index contributed by atoms with van der Waals surface area (Å²) < 4.78 is 0. The fourth-order valence-electron chi connectivity index (χ4n) is 2.73. The van der Waals surface area contributed by atoms with E-state index in [1.54, 1.807) is 0 Å². The maximum Gasteiger partial charge on any atom is 0.155 e. The maximum absolute atomic E-state index is 6.23. The third-order valence-corrected chi connectivity index (χ3v) is 4.30. The van der Waals surface area contributed by atoms with Gasteiger partial charge in [0.05, 0.1) is 16.4 Å². The summed E-state index contributed by atoms with van der Waals surface area (Å²) in [7, 11) is 0. The van der Waals surface area contributed by atoms with E-state index in [0.717, 1.165) is 60.5 Å². The van der Waals surface area contributed by atoms with Gasteiger partial charge in [-0.25, -0.2) is 4.98 Å². The molecule has 0 aliphatic carbocycles. The van der Waals surface area contributed by atoms with E-state index in [-0.39, 0.29) is 0 Å². The molecule has 3 heterocycles. The zero-order valence-electron chi connectivity index (χ0n) is 11.8. The van der Waals surface area contributed by atoms with Crippen LogP contribution in [0, 0.1) is 13.8 Å². The Kier molecular flexibility index (Phi) is 3.76. The monoisotopic (exact) mass is 294 g/mol. The van der Waals surface area contributed by atoms with E-state index in [0.29, 0.717) is 5.92 Å². The predicted molar refractivity (Wildman–Crippen MR) is 76.7 cm³/mol. The molecule has 6 nitrogen and oxygen atoms in total. The molecular formula is C13H19ClN6. The second kappa shape index (κ2) is 5.54. The Hall–Kier alpha value is -1.40. The minimum atomic E-state index is 0.396. The van der Waals surface area contributed by atoms with Crippen LogP contribution in [0.5, 0.6) is 0 Å². The number of halogens is 1. The summed E-state index contributed by atoms with van der Waals surface area (Å²) >= 11 is 6.23. The molecule has 0 amide bonds. The largest absolute Gasteiger partial charge is 0.297 e. The minimum absolute atomic E-state index is 0.396. The van der Waals surface area contributed by atoms with Crippen LogP contribution in [0.2, 0.25) is 5.02 Å². The third-order valence-electron chi connectivity index (χ3n) is 3.80. The molecule has 1 saturated heterocycles. The quantitative estimate of drug-likeness (QED) is 0.910. The smallest absolute Gasteiger partial charge is 0.155 e. The molecule has 1 fully saturated rings. The number of H-pyrrole nitrogens is 2. The highest BCUT2D eigenvalue weighted by atomic mass is 35.5. The molecule has 2 aromatic heterocycles. The van der Waals surface area contributed by atoms with Crippen molar-refractivity contribution in [1.82, 2.24) is 30.3 Å². The van der Waals surface area contributed by atoms with E-state index >= 15 is 0 Å². The summed E-state index contributed by atoms with van der Waals surface area (Å²) in [6, 6.07) is 0. The zero-order valence-corrected chi connectivity index (χ0v) is 12.5. The summed E-state index contributed by atoms with van der Waals surface area (Å²) in [4.78, 5) is 6.83. The highest BCUT2D eigenvalue weighted by Crippen LogP contribution is 2.26. The molecule has 1 aliphatic rings. The maximum atomic E-state index is 6.23. The van der Waals surface area contributed by atoms with Gasteiger partial charge in [0.2, 0.25) is 0 Å². The molecule has 20 heavy (non-hydrogen) atoms. The Bertz CT molecular complexity index is 589. The fraction of sp³-hybridized carbons (Fsp3) is 0.615. The number of aryl methyl sites for hydroxylation is 2. The van der Waals surface area contributed by atoms with Crippen molar-refractivity contribution in [1.29, 1.82) is 0 Å².